The van der Waals surface area contributed by atoms with Crippen LogP contribution in [-0.4, -0.2) is 15.8 Å². The fourth-order valence-electron chi connectivity index (χ4n) is 9.40. The van der Waals surface area contributed by atoms with Gasteiger partial charge in [-0.2, -0.15) is 0 Å². The van der Waals surface area contributed by atoms with E-state index in [2.05, 4.69) is 196 Å². The van der Waals surface area contributed by atoms with Gasteiger partial charge in [0.1, 0.15) is 0 Å². The minimum Gasteiger partial charge on any atom is -0.311 e. The number of hydrogen-bond donors (Lipinski definition) is 0. The largest absolute Gasteiger partial charge is 0.311 e. The summed E-state index contributed by atoms with van der Waals surface area (Å²) in [5.74, 6) is 0. The average Bonchev–Trinajstić information content (AvgIpc) is 3.72. The lowest BCUT2D eigenvalue weighted by molar-refractivity contribution is 1.16. The van der Waals surface area contributed by atoms with Crippen molar-refractivity contribution in [1.82, 2.24) is 9.13 Å². The van der Waals surface area contributed by atoms with Gasteiger partial charge in [0.05, 0.1) is 16.6 Å². The van der Waals surface area contributed by atoms with E-state index in [0.717, 1.165) is 5.69 Å². The molecule has 0 spiro atoms. The quantitative estimate of drug-likeness (QED) is 0.172. The number of para-hydroxylation sites is 4. The van der Waals surface area contributed by atoms with E-state index in [4.69, 9.17) is 0 Å². The molecule has 0 bridgehead atoms. The summed E-state index contributed by atoms with van der Waals surface area (Å²) < 4.78 is 5.02. The van der Waals surface area contributed by atoms with Crippen LogP contribution in [0.5, 0.6) is 0 Å². The van der Waals surface area contributed by atoms with E-state index in [9.17, 15) is 0 Å². The number of nitrogens with zero attached hydrogens (tertiary/aromatic N) is 3. The van der Waals surface area contributed by atoms with E-state index >= 15 is 0 Å². The Morgan fingerprint density at radius 1 is 0.346 bits per heavy atom. The second kappa shape index (κ2) is 10.4. The third-order valence-electron chi connectivity index (χ3n) is 11.5. The lowest BCUT2D eigenvalue weighted by atomic mass is 9.34. The predicted molar refractivity (Wildman–Crippen MR) is 220 cm³/mol. The van der Waals surface area contributed by atoms with Crippen molar-refractivity contribution in [2.45, 2.75) is 0 Å². The molecule has 0 aliphatic carbocycles. The maximum atomic E-state index is 2.56. The Bertz CT molecular complexity index is 3080. The van der Waals surface area contributed by atoms with Crippen LogP contribution in [0.3, 0.4) is 0 Å². The molecule has 12 rings (SSSR count). The summed E-state index contributed by atoms with van der Waals surface area (Å²) in [6, 6.07) is 67.1. The first-order valence-corrected chi connectivity index (χ1v) is 18.1. The maximum Gasteiger partial charge on any atom is 0.252 e. The van der Waals surface area contributed by atoms with Gasteiger partial charge in [0.25, 0.3) is 6.71 Å². The fraction of sp³-hybridized carbons (Fsp3) is 0. The Morgan fingerprint density at radius 3 is 1.87 bits per heavy atom. The third kappa shape index (κ3) is 3.65. The summed E-state index contributed by atoms with van der Waals surface area (Å²) in [6.45, 7) is 0.132. The van der Waals surface area contributed by atoms with Crippen LogP contribution in [0.25, 0.3) is 66.1 Å². The van der Waals surface area contributed by atoms with E-state index in [1.165, 1.54) is 93.9 Å². The molecule has 240 valence electrons. The number of anilines is 3. The van der Waals surface area contributed by atoms with Gasteiger partial charge >= 0.3 is 0 Å². The Kier molecular flexibility index (Phi) is 5.58. The number of fused-ring (bicyclic) bond motifs is 10. The minimum atomic E-state index is 0.132. The molecule has 2 aliphatic heterocycles. The zero-order valence-corrected chi connectivity index (χ0v) is 28.2. The van der Waals surface area contributed by atoms with E-state index in [-0.39, 0.29) is 6.71 Å². The zero-order chi connectivity index (χ0) is 33.9. The number of aromatic nitrogens is 2. The Balaban J connectivity index is 1.19. The van der Waals surface area contributed by atoms with Gasteiger partial charge in [-0.25, -0.2) is 0 Å². The van der Waals surface area contributed by atoms with E-state index < -0.39 is 0 Å². The first-order valence-electron chi connectivity index (χ1n) is 18.1. The van der Waals surface area contributed by atoms with Crippen LogP contribution < -0.4 is 21.3 Å². The van der Waals surface area contributed by atoms with Gasteiger partial charge in [-0.1, -0.05) is 121 Å². The molecule has 4 heteroatoms. The second-order valence-corrected chi connectivity index (χ2v) is 14.1. The van der Waals surface area contributed by atoms with Crippen molar-refractivity contribution in [3.8, 4) is 22.5 Å². The predicted octanol–water partition coefficient (Wildman–Crippen LogP) is 10.2. The molecule has 0 atom stereocenters. The monoisotopic (exact) mass is 659 g/mol. The second-order valence-electron chi connectivity index (χ2n) is 14.1. The summed E-state index contributed by atoms with van der Waals surface area (Å²) in [6.07, 6.45) is 0. The van der Waals surface area contributed by atoms with Gasteiger partial charge in [0, 0.05) is 55.5 Å². The summed E-state index contributed by atoms with van der Waals surface area (Å²) in [7, 11) is 0. The van der Waals surface area contributed by atoms with E-state index in [1.54, 1.807) is 0 Å². The van der Waals surface area contributed by atoms with Crippen molar-refractivity contribution in [3.63, 3.8) is 0 Å². The van der Waals surface area contributed by atoms with Crippen molar-refractivity contribution in [3.05, 3.63) is 182 Å². The SMILES string of the molecule is c1ccc(-c2cccc(-n3c4ccccc4c4cc5c6cccc7c6n(c5cc43)-c3cccc4c3B7c3ccccc3N4c3ccccc3)c2)cc1. The van der Waals surface area contributed by atoms with Crippen LogP contribution in [0.15, 0.2) is 182 Å². The smallest absolute Gasteiger partial charge is 0.252 e. The first kappa shape index (κ1) is 28.0. The zero-order valence-electron chi connectivity index (χ0n) is 28.2. The molecule has 0 radical (unpaired) electrons. The molecule has 0 N–H and O–H groups in total. The molecule has 0 fully saturated rings. The highest BCUT2D eigenvalue weighted by Crippen LogP contribution is 2.43. The normalized spacial score (nSPS) is 12.9. The fourth-order valence-corrected chi connectivity index (χ4v) is 9.40. The van der Waals surface area contributed by atoms with Crippen molar-refractivity contribution in [2.75, 3.05) is 4.90 Å². The highest BCUT2D eigenvalue weighted by Gasteiger charge is 2.41. The molecule has 0 unspecified atom stereocenters. The highest BCUT2D eigenvalue weighted by atomic mass is 15.2. The van der Waals surface area contributed by atoms with Crippen LogP contribution in [0.2, 0.25) is 0 Å². The first-order chi connectivity index (χ1) is 25.8. The van der Waals surface area contributed by atoms with Crippen LogP contribution in [0.1, 0.15) is 0 Å². The van der Waals surface area contributed by atoms with Crippen LogP contribution >= 0.6 is 0 Å². The molecule has 4 heterocycles. The van der Waals surface area contributed by atoms with Gasteiger partial charge in [-0.05, 0) is 88.2 Å². The highest BCUT2D eigenvalue weighted by molar-refractivity contribution is 7.00. The molecule has 2 aromatic heterocycles. The molecule has 3 nitrogen and oxygen atoms in total. The van der Waals surface area contributed by atoms with Crippen molar-refractivity contribution < 1.29 is 0 Å². The van der Waals surface area contributed by atoms with E-state index in [1.807, 2.05) is 0 Å². The summed E-state index contributed by atoms with van der Waals surface area (Å²) >= 11 is 0. The molecule has 0 amide bonds. The number of benzene rings is 8. The molecule has 0 saturated carbocycles. The molecule has 10 aromatic rings. The lowest BCUT2D eigenvalue weighted by Gasteiger charge is -2.40. The van der Waals surface area contributed by atoms with Crippen LogP contribution in [0, 0.1) is 0 Å². The van der Waals surface area contributed by atoms with Gasteiger partial charge in [-0.3, -0.25) is 0 Å². The standard InChI is InChI=1S/C48H30BN3/c1-3-14-31(15-4-1)32-16-11-19-34(28-32)51-41-24-9-7-20-35(41)37-29-38-36-21-12-23-40-48(36)52(46(38)30-45(37)51)44-27-13-26-43-47(44)49(40)39-22-8-10-25-42(39)50(43)33-17-5-2-6-18-33/h1-30H. The van der Waals surface area contributed by atoms with Crippen molar-refractivity contribution >= 4 is 83.8 Å². The lowest BCUT2D eigenvalue weighted by Crippen LogP contribution is -2.60. The molecular weight excluding hydrogens is 629 g/mol. The van der Waals surface area contributed by atoms with Crippen molar-refractivity contribution in [1.29, 1.82) is 0 Å². The third-order valence-corrected chi connectivity index (χ3v) is 11.5. The average molecular weight is 660 g/mol. The van der Waals surface area contributed by atoms with E-state index in [0.29, 0.717) is 0 Å². The summed E-state index contributed by atoms with van der Waals surface area (Å²) in [5, 5.41) is 5.13. The molecule has 52 heavy (non-hydrogen) atoms. The minimum absolute atomic E-state index is 0.132. The summed E-state index contributed by atoms with van der Waals surface area (Å²) in [5.41, 5.74) is 17.5. The van der Waals surface area contributed by atoms with Crippen LogP contribution in [-0.2, 0) is 0 Å². The molecule has 0 saturated heterocycles. The van der Waals surface area contributed by atoms with Gasteiger partial charge < -0.3 is 14.0 Å². The van der Waals surface area contributed by atoms with Crippen LogP contribution in [0.4, 0.5) is 17.1 Å². The van der Waals surface area contributed by atoms with Gasteiger partial charge in [0.15, 0.2) is 0 Å². The van der Waals surface area contributed by atoms with Crippen molar-refractivity contribution in [2.24, 2.45) is 0 Å². The Labute approximate surface area is 301 Å². The Morgan fingerprint density at radius 2 is 0.962 bits per heavy atom. The molecule has 2 aliphatic rings. The number of rotatable bonds is 3. The number of hydrogen-bond acceptors (Lipinski definition) is 1. The molecular formula is C48H30BN3. The maximum absolute atomic E-state index is 2.56. The Hall–Kier alpha value is -6.78. The molecule has 8 aromatic carbocycles. The topological polar surface area (TPSA) is 13.1 Å². The van der Waals surface area contributed by atoms with Gasteiger partial charge in [0.2, 0.25) is 0 Å². The summed E-state index contributed by atoms with van der Waals surface area (Å²) in [4.78, 5) is 2.46. The van der Waals surface area contributed by atoms with Gasteiger partial charge in [-0.15, -0.1) is 0 Å².